The van der Waals surface area contributed by atoms with Crippen molar-refractivity contribution < 1.29 is 9.53 Å². The molecule has 1 amide bonds. The Kier molecular flexibility index (Phi) is 6.49. The fourth-order valence-corrected chi connectivity index (χ4v) is 5.37. The molecule has 1 aromatic carbocycles. The van der Waals surface area contributed by atoms with E-state index in [4.69, 9.17) is 10.00 Å². The number of nitriles is 1. The fourth-order valence-electron chi connectivity index (χ4n) is 5.37. The van der Waals surface area contributed by atoms with Gasteiger partial charge in [-0.15, -0.1) is 0 Å². The highest BCUT2D eigenvalue weighted by atomic mass is 16.5. The zero-order valence-corrected chi connectivity index (χ0v) is 20.4. The summed E-state index contributed by atoms with van der Waals surface area (Å²) in [4.78, 5) is 17.8. The van der Waals surface area contributed by atoms with Crippen molar-refractivity contribution in [2.45, 2.75) is 45.1 Å². The molecule has 2 atom stereocenters. The van der Waals surface area contributed by atoms with Gasteiger partial charge in [0.25, 0.3) is 5.91 Å². The van der Waals surface area contributed by atoms with Crippen LogP contribution in [0.1, 0.15) is 55.4 Å². The molecular formula is C26H35N5O2. The number of rotatable bonds is 6. The molecule has 1 aliphatic carbocycles. The second kappa shape index (κ2) is 9.18. The first-order valence-electron chi connectivity index (χ1n) is 11.8. The largest absolute Gasteiger partial charge is 0.492 e. The van der Waals surface area contributed by atoms with E-state index in [0.717, 1.165) is 31.1 Å². The van der Waals surface area contributed by atoms with Crippen molar-refractivity contribution in [2.75, 3.05) is 33.3 Å². The molecule has 2 heterocycles. The van der Waals surface area contributed by atoms with Gasteiger partial charge in [0.2, 0.25) is 0 Å². The summed E-state index contributed by atoms with van der Waals surface area (Å²) in [6, 6.07) is 11.6. The van der Waals surface area contributed by atoms with Gasteiger partial charge in [0.15, 0.2) is 0 Å². The van der Waals surface area contributed by atoms with Gasteiger partial charge in [0.1, 0.15) is 18.1 Å². The van der Waals surface area contributed by atoms with Crippen LogP contribution in [0.3, 0.4) is 0 Å². The molecule has 0 N–H and O–H groups in total. The van der Waals surface area contributed by atoms with Gasteiger partial charge < -0.3 is 9.64 Å². The van der Waals surface area contributed by atoms with Gasteiger partial charge in [-0.2, -0.15) is 10.4 Å². The topological polar surface area (TPSA) is 74.4 Å². The Morgan fingerprint density at radius 3 is 2.39 bits per heavy atom. The first-order valence-corrected chi connectivity index (χ1v) is 11.8. The number of nitrogens with zero attached hydrogens (tertiary/aromatic N) is 5. The monoisotopic (exact) mass is 449 g/mol. The number of benzene rings is 1. The molecule has 7 heteroatoms. The van der Waals surface area contributed by atoms with Crippen LogP contribution in [0.4, 0.5) is 0 Å². The normalized spacial score (nSPS) is 22.7. The molecule has 176 valence electrons. The molecule has 2 unspecified atom stereocenters. The van der Waals surface area contributed by atoms with Crippen LogP contribution in [0.25, 0.3) is 0 Å². The number of carbonyl (C=O) groups excluding carboxylic acids is 1. The van der Waals surface area contributed by atoms with Crippen LogP contribution in [0.2, 0.25) is 0 Å². The number of hydrogen-bond acceptors (Lipinski definition) is 5. The van der Waals surface area contributed by atoms with E-state index in [1.165, 1.54) is 12.8 Å². The van der Waals surface area contributed by atoms with Gasteiger partial charge >= 0.3 is 0 Å². The molecule has 2 fully saturated rings. The van der Waals surface area contributed by atoms with Crippen molar-refractivity contribution in [2.24, 2.45) is 18.9 Å². The zero-order valence-electron chi connectivity index (χ0n) is 20.4. The third-order valence-corrected chi connectivity index (χ3v) is 7.15. The maximum Gasteiger partial charge on any atom is 0.272 e. The molecular weight excluding hydrogens is 414 g/mol. The van der Waals surface area contributed by atoms with Crippen LogP contribution >= 0.6 is 0 Å². The highest BCUT2D eigenvalue weighted by Crippen LogP contribution is 2.40. The van der Waals surface area contributed by atoms with Gasteiger partial charge in [-0.25, -0.2) is 0 Å². The molecule has 1 aliphatic heterocycles. The number of aromatic nitrogens is 2. The van der Waals surface area contributed by atoms with Gasteiger partial charge in [0, 0.05) is 45.2 Å². The summed E-state index contributed by atoms with van der Waals surface area (Å²) >= 11 is 0. The number of likely N-dealkylation sites (tertiary alicyclic amines) is 1. The maximum atomic E-state index is 13.4. The van der Waals surface area contributed by atoms with E-state index in [-0.39, 0.29) is 17.4 Å². The molecule has 2 aromatic rings. The van der Waals surface area contributed by atoms with E-state index in [2.05, 4.69) is 36.8 Å². The third-order valence-electron chi connectivity index (χ3n) is 7.15. The van der Waals surface area contributed by atoms with Crippen LogP contribution in [0.15, 0.2) is 30.3 Å². The highest BCUT2D eigenvalue weighted by Gasteiger charge is 2.45. The predicted molar refractivity (Wildman–Crippen MR) is 127 cm³/mol. The molecule has 7 nitrogen and oxygen atoms in total. The average Bonchev–Trinajstić information content (AvgIpc) is 3.30. The quantitative estimate of drug-likeness (QED) is 0.675. The van der Waals surface area contributed by atoms with Crippen LogP contribution in [-0.2, 0) is 12.5 Å². The second-order valence-electron chi connectivity index (χ2n) is 10.5. The standard InChI is InChI=1S/C26H35N5O2/c1-26(2,3)23-14-22(30(5)28-23)25(32)29(4)24-19-8-9-20(24)17-31(16-19)12-13-33-21-10-6-18(15-27)7-11-21/h6-7,10-11,14,19-20,24H,8-9,12-13,16-17H2,1-5H3. The van der Waals surface area contributed by atoms with Gasteiger partial charge in [-0.3, -0.25) is 14.4 Å². The fraction of sp³-hybridized carbons (Fsp3) is 0.577. The number of piperidine rings is 1. The van der Waals surface area contributed by atoms with Crippen molar-refractivity contribution in [1.29, 1.82) is 5.26 Å². The summed E-state index contributed by atoms with van der Waals surface area (Å²) in [6.45, 7) is 9.84. The molecule has 1 saturated carbocycles. The number of hydrogen-bond donors (Lipinski definition) is 0. The lowest BCUT2D eigenvalue weighted by atomic mass is 9.90. The summed E-state index contributed by atoms with van der Waals surface area (Å²) < 4.78 is 7.62. The van der Waals surface area contributed by atoms with E-state index in [1.54, 1.807) is 16.8 Å². The number of aryl methyl sites for hydroxylation is 1. The Labute approximate surface area is 196 Å². The Morgan fingerprint density at radius 2 is 1.85 bits per heavy atom. The molecule has 1 saturated heterocycles. The van der Waals surface area contributed by atoms with Crippen molar-refractivity contribution in [3.8, 4) is 11.8 Å². The summed E-state index contributed by atoms with van der Waals surface area (Å²) in [5.41, 5.74) is 2.17. The number of carbonyl (C=O) groups is 1. The van der Waals surface area contributed by atoms with E-state index in [9.17, 15) is 4.79 Å². The predicted octanol–water partition coefficient (Wildman–Crippen LogP) is 3.45. The molecule has 33 heavy (non-hydrogen) atoms. The lowest BCUT2D eigenvalue weighted by Gasteiger charge is -2.42. The molecule has 2 bridgehead atoms. The van der Waals surface area contributed by atoms with Gasteiger partial charge in [0.05, 0.1) is 17.3 Å². The van der Waals surface area contributed by atoms with Crippen LogP contribution in [-0.4, -0.2) is 64.8 Å². The molecule has 0 radical (unpaired) electrons. The number of fused-ring (bicyclic) bond motifs is 2. The van der Waals surface area contributed by atoms with Crippen LogP contribution in [0, 0.1) is 23.2 Å². The Morgan fingerprint density at radius 1 is 1.21 bits per heavy atom. The lowest BCUT2D eigenvalue weighted by Crippen LogP contribution is -2.53. The summed E-state index contributed by atoms with van der Waals surface area (Å²) in [5.74, 6) is 1.84. The van der Waals surface area contributed by atoms with E-state index in [0.29, 0.717) is 29.7 Å². The van der Waals surface area contributed by atoms with E-state index >= 15 is 0 Å². The minimum Gasteiger partial charge on any atom is -0.492 e. The number of amides is 1. The zero-order chi connectivity index (χ0) is 23.8. The molecule has 2 aliphatic rings. The Hall–Kier alpha value is -2.85. The van der Waals surface area contributed by atoms with E-state index in [1.807, 2.05) is 37.2 Å². The third kappa shape index (κ3) is 4.91. The molecule has 4 rings (SSSR count). The average molecular weight is 450 g/mol. The first-order chi connectivity index (χ1) is 15.7. The van der Waals surface area contributed by atoms with Crippen LogP contribution < -0.4 is 4.74 Å². The number of ether oxygens (including phenoxy) is 1. The van der Waals surface area contributed by atoms with Crippen molar-refractivity contribution in [3.63, 3.8) is 0 Å². The van der Waals surface area contributed by atoms with E-state index < -0.39 is 0 Å². The molecule has 0 spiro atoms. The maximum absolute atomic E-state index is 13.4. The van der Waals surface area contributed by atoms with Gasteiger partial charge in [-0.05, 0) is 55.0 Å². The summed E-state index contributed by atoms with van der Waals surface area (Å²) in [7, 11) is 3.83. The van der Waals surface area contributed by atoms with Gasteiger partial charge in [-0.1, -0.05) is 20.8 Å². The van der Waals surface area contributed by atoms with Crippen molar-refractivity contribution >= 4 is 5.91 Å². The Balaban J connectivity index is 1.34. The smallest absolute Gasteiger partial charge is 0.272 e. The SMILES string of the molecule is CN(C(=O)c1cc(C(C)(C)C)nn1C)C1C2CCC1CN(CCOc1ccc(C#N)cc1)C2. The summed E-state index contributed by atoms with van der Waals surface area (Å²) in [5, 5.41) is 13.5. The van der Waals surface area contributed by atoms with Crippen LogP contribution in [0.5, 0.6) is 5.75 Å². The van der Waals surface area contributed by atoms with Crippen molar-refractivity contribution in [3.05, 3.63) is 47.3 Å². The summed E-state index contributed by atoms with van der Waals surface area (Å²) in [6.07, 6.45) is 2.33. The first kappa shape index (κ1) is 23.3. The molecule has 1 aromatic heterocycles. The lowest BCUT2D eigenvalue weighted by molar-refractivity contribution is 0.0397. The second-order valence-corrected chi connectivity index (χ2v) is 10.5. The Bertz CT molecular complexity index is 1020. The van der Waals surface area contributed by atoms with Crippen molar-refractivity contribution in [1.82, 2.24) is 19.6 Å². The minimum atomic E-state index is -0.0843. The minimum absolute atomic E-state index is 0.0694. The highest BCUT2D eigenvalue weighted by molar-refractivity contribution is 5.93.